The summed E-state index contributed by atoms with van der Waals surface area (Å²) in [5.41, 5.74) is 7.70. The molecule has 0 unspecified atom stereocenters. The molecule has 0 heterocycles. The highest BCUT2D eigenvalue weighted by atomic mass is 16.1. The molecule has 1 aliphatic carbocycles. The van der Waals surface area contributed by atoms with Crippen molar-refractivity contribution in [2.75, 3.05) is 12.3 Å². The third kappa shape index (κ3) is 3.22. The van der Waals surface area contributed by atoms with Crippen LogP contribution in [0.3, 0.4) is 0 Å². The second-order valence-electron chi connectivity index (χ2n) is 5.36. The van der Waals surface area contributed by atoms with Gasteiger partial charge in [0.2, 0.25) is 5.91 Å². The number of carbonyl (C=O) groups excluding carboxylic acids is 1. The topological polar surface area (TPSA) is 55.1 Å². The predicted molar refractivity (Wildman–Crippen MR) is 69.5 cm³/mol. The minimum absolute atomic E-state index is 0.0868. The molecule has 3 heteroatoms. The van der Waals surface area contributed by atoms with Crippen molar-refractivity contribution < 1.29 is 4.79 Å². The van der Waals surface area contributed by atoms with Crippen LogP contribution in [0, 0.1) is 5.41 Å². The standard InChI is InChI=1S/C14H20N2O/c1-14(6-3-7-14)10-16-13(17)9-11-4-2-5-12(15)8-11/h2,4-5,8H,3,6-7,9-10,15H2,1H3,(H,16,17). The Balaban J connectivity index is 1.81. The van der Waals surface area contributed by atoms with Gasteiger partial charge < -0.3 is 11.1 Å². The molecule has 3 N–H and O–H groups in total. The predicted octanol–water partition coefficient (Wildman–Crippen LogP) is 2.12. The van der Waals surface area contributed by atoms with Crippen molar-refractivity contribution in [1.82, 2.24) is 5.32 Å². The van der Waals surface area contributed by atoms with E-state index in [0.717, 1.165) is 12.1 Å². The first kappa shape index (κ1) is 12.0. The molecule has 2 rings (SSSR count). The molecule has 1 fully saturated rings. The number of amides is 1. The third-order valence-electron chi connectivity index (χ3n) is 3.59. The molecule has 92 valence electrons. The van der Waals surface area contributed by atoms with Crippen LogP contribution >= 0.6 is 0 Å². The maximum Gasteiger partial charge on any atom is 0.224 e. The van der Waals surface area contributed by atoms with Crippen LogP contribution in [0.5, 0.6) is 0 Å². The van der Waals surface area contributed by atoms with Gasteiger partial charge in [-0.05, 0) is 36.0 Å². The molecule has 0 bridgehead atoms. The van der Waals surface area contributed by atoms with E-state index in [1.54, 1.807) is 0 Å². The van der Waals surface area contributed by atoms with Crippen LogP contribution in [0.2, 0.25) is 0 Å². The van der Waals surface area contributed by atoms with Crippen LogP contribution < -0.4 is 11.1 Å². The number of nitrogens with one attached hydrogen (secondary N) is 1. The van der Waals surface area contributed by atoms with Gasteiger partial charge in [-0.1, -0.05) is 25.5 Å². The molecular formula is C14H20N2O. The Kier molecular flexibility index (Phi) is 3.36. The monoisotopic (exact) mass is 232 g/mol. The highest BCUT2D eigenvalue weighted by Crippen LogP contribution is 2.39. The van der Waals surface area contributed by atoms with Gasteiger partial charge in [-0.2, -0.15) is 0 Å². The average molecular weight is 232 g/mol. The molecule has 0 spiro atoms. The van der Waals surface area contributed by atoms with Gasteiger partial charge in [-0.15, -0.1) is 0 Å². The number of anilines is 1. The molecule has 17 heavy (non-hydrogen) atoms. The summed E-state index contributed by atoms with van der Waals surface area (Å²) >= 11 is 0. The van der Waals surface area contributed by atoms with Crippen molar-refractivity contribution in [3.63, 3.8) is 0 Å². The number of carbonyl (C=O) groups is 1. The lowest BCUT2D eigenvalue weighted by Gasteiger charge is -2.38. The summed E-state index contributed by atoms with van der Waals surface area (Å²) in [6.07, 6.45) is 4.17. The minimum atomic E-state index is 0.0868. The van der Waals surface area contributed by atoms with Crippen LogP contribution in [0.4, 0.5) is 5.69 Å². The lowest BCUT2D eigenvalue weighted by atomic mass is 9.70. The first-order valence-electron chi connectivity index (χ1n) is 6.19. The second kappa shape index (κ2) is 4.78. The highest BCUT2D eigenvalue weighted by molar-refractivity contribution is 5.78. The van der Waals surface area contributed by atoms with E-state index >= 15 is 0 Å². The summed E-state index contributed by atoms with van der Waals surface area (Å²) in [6.45, 7) is 3.03. The molecule has 1 aromatic carbocycles. The van der Waals surface area contributed by atoms with Crippen molar-refractivity contribution in [3.05, 3.63) is 29.8 Å². The zero-order chi connectivity index (χ0) is 12.3. The molecule has 1 aromatic rings. The number of nitrogens with two attached hydrogens (primary N) is 1. The lowest BCUT2D eigenvalue weighted by Crippen LogP contribution is -2.40. The smallest absolute Gasteiger partial charge is 0.224 e. The van der Waals surface area contributed by atoms with Gasteiger partial charge in [0.15, 0.2) is 0 Å². The Morgan fingerprint density at radius 1 is 1.47 bits per heavy atom. The molecule has 0 atom stereocenters. The highest BCUT2D eigenvalue weighted by Gasteiger charge is 2.31. The normalized spacial score (nSPS) is 17.2. The molecule has 1 saturated carbocycles. The number of benzene rings is 1. The van der Waals surface area contributed by atoms with Gasteiger partial charge in [0, 0.05) is 12.2 Å². The van der Waals surface area contributed by atoms with Crippen molar-refractivity contribution in [1.29, 1.82) is 0 Å². The van der Waals surface area contributed by atoms with Crippen LogP contribution in [0.25, 0.3) is 0 Å². The Bertz CT molecular complexity index is 410. The van der Waals surface area contributed by atoms with E-state index in [-0.39, 0.29) is 5.91 Å². The molecule has 0 aromatic heterocycles. The Hall–Kier alpha value is -1.51. The molecule has 3 nitrogen and oxygen atoms in total. The molecule has 1 aliphatic rings. The van der Waals surface area contributed by atoms with E-state index in [2.05, 4.69) is 12.2 Å². The van der Waals surface area contributed by atoms with Gasteiger partial charge in [-0.3, -0.25) is 4.79 Å². The van der Waals surface area contributed by atoms with Gasteiger partial charge >= 0.3 is 0 Å². The fourth-order valence-corrected chi connectivity index (χ4v) is 2.22. The minimum Gasteiger partial charge on any atom is -0.399 e. The number of nitrogen functional groups attached to an aromatic ring is 1. The van der Waals surface area contributed by atoms with E-state index < -0.39 is 0 Å². The Morgan fingerprint density at radius 2 is 2.24 bits per heavy atom. The fourth-order valence-electron chi connectivity index (χ4n) is 2.22. The maximum atomic E-state index is 11.8. The van der Waals surface area contributed by atoms with Gasteiger partial charge in [0.1, 0.15) is 0 Å². The van der Waals surface area contributed by atoms with Crippen molar-refractivity contribution in [2.24, 2.45) is 5.41 Å². The summed E-state index contributed by atoms with van der Waals surface area (Å²) in [5, 5.41) is 3.01. The quantitative estimate of drug-likeness (QED) is 0.781. The zero-order valence-corrected chi connectivity index (χ0v) is 10.3. The Labute approximate surface area is 102 Å². The summed E-state index contributed by atoms with van der Waals surface area (Å²) < 4.78 is 0. The maximum absolute atomic E-state index is 11.8. The molecule has 0 aliphatic heterocycles. The number of hydrogen-bond donors (Lipinski definition) is 2. The molecule has 0 radical (unpaired) electrons. The van der Waals surface area contributed by atoms with E-state index in [4.69, 9.17) is 5.73 Å². The largest absolute Gasteiger partial charge is 0.399 e. The van der Waals surface area contributed by atoms with Crippen LogP contribution in [-0.2, 0) is 11.2 Å². The summed E-state index contributed by atoms with van der Waals surface area (Å²) in [7, 11) is 0. The van der Waals surface area contributed by atoms with Crippen molar-refractivity contribution >= 4 is 11.6 Å². The number of rotatable bonds is 4. The third-order valence-corrected chi connectivity index (χ3v) is 3.59. The summed E-state index contributed by atoms with van der Waals surface area (Å²) in [5.74, 6) is 0.0868. The molecule has 1 amide bonds. The fraction of sp³-hybridized carbons (Fsp3) is 0.500. The van der Waals surface area contributed by atoms with E-state index in [1.807, 2.05) is 24.3 Å². The van der Waals surface area contributed by atoms with Gasteiger partial charge in [0.25, 0.3) is 0 Å². The van der Waals surface area contributed by atoms with E-state index in [0.29, 0.717) is 17.5 Å². The summed E-state index contributed by atoms with van der Waals surface area (Å²) in [6, 6.07) is 7.49. The summed E-state index contributed by atoms with van der Waals surface area (Å²) in [4.78, 5) is 11.8. The van der Waals surface area contributed by atoms with Gasteiger partial charge in [-0.25, -0.2) is 0 Å². The van der Waals surface area contributed by atoms with Gasteiger partial charge in [0.05, 0.1) is 6.42 Å². The average Bonchev–Trinajstić information content (AvgIpc) is 2.24. The van der Waals surface area contributed by atoms with Crippen molar-refractivity contribution in [3.8, 4) is 0 Å². The SMILES string of the molecule is CC1(CNC(=O)Cc2cccc(N)c2)CCC1. The van der Waals surface area contributed by atoms with Crippen LogP contribution in [0.15, 0.2) is 24.3 Å². The van der Waals surface area contributed by atoms with E-state index in [1.165, 1.54) is 19.3 Å². The van der Waals surface area contributed by atoms with Crippen LogP contribution in [-0.4, -0.2) is 12.5 Å². The zero-order valence-electron chi connectivity index (χ0n) is 10.3. The number of hydrogen-bond acceptors (Lipinski definition) is 2. The lowest BCUT2D eigenvalue weighted by molar-refractivity contribution is -0.121. The first-order chi connectivity index (χ1) is 8.07. The van der Waals surface area contributed by atoms with Crippen LogP contribution in [0.1, 0.15) is 31.7 Å². The second-order valence-corrected chi connectivity index (χ2v) is 5.36. The Morgan fingerprint density at radius 3 is 2.82 bits per heavy atom. The van der Waals surface area contributed by atoms with E-state index in [9.17, 15) is 4.79 Å². The first-order valence-corrected chi connectivity index (χ1v) is 6.19. The molecule has 0 saturated heterocycles. The molecular weight excluding hydrogens is 212 g/mol. The van der Waals surface area contributed by atoms with Crippen molar-refractivity contribution in [2.45, 2.75) is 32.6 Å².